The van der Waals surface area contributed by atoms with Crippen LogP contribution in [0.5, 0.6) is 0 Å². The first kappa shape index (κ1) is 15.7. The normalized spacial score (nSPS) is 18.0. The molecular weight excluding hydrogens is 323 g/mol. The summed E-state index contributed by atoms with van der Waals surface area (Å²) >= 11 is 0. The molecule has 0 spiro atoms. The molecule has 0 aliphatic carbocycles. The standard InChI is InChI=1S/C17H19FN6O/c1-10-21-11(2)24(22-10)13-4-3-5-23(8-13)17(25)14-6-12(18)7-15-16(14)20-9-19-15/h6-7,9,13H,3-5,8H2,1-2H3,(H,19,20). The van der Waals surface area contributed by atoms with E-state index >= 15 is 0 Å². The van der Waals surface area contributed by atoms with Gasteiger partial charge in [-0.25, -0.2) is 19.0 Å². The van der Waals surface area contributed by atoms with Gasteiger partial charge in [0.15, 0.2) is 0 Å². The number of H-pyrrole nitrogens is 1. The van der Waals surface area contributed by atoms with Gasteiger partial charge in [-0.2, -0.15) is 5.10 Å². The summed E-state index contributed by atoms with van der Waals surface area (Å²) in [6, 6.07) is 2.70. The smallest absolute Gasteiger partial charge is 0.256 e. The highest BCUT2D eigenvalue weighted by Gasteiger charge is 2.28. The van der Waals surface area contributed by atoms with Crippen LogP contribution in [0.25, 0.3) is 11.0 Å². The van der Waals surface area contributed by atoms with E-state index in [0.29, 0.717) is 29.7 Å². The summed E-state index contributed by atoms with van der Waals surface area (Å²) in [5, 5.41) is 4.45. The van der Waals surface area contributed by atoms with E-state index in [4.69, 9.17) is 0 Å². The number of imidazole rings is 1. The SMILES string of the molecule is Cc1nc(C)n(C2CCCN(C(=O)c3cc(F)cc4[nH]cnc34)C2)n1. The van der Waals surface area contributed by atoms with Crippen molar-refractivity contribution in [2.75, 3.05) is 13.1 Å². The minimum atomic E-state index is -0.448. The average molecular weight is 342 g/mol. The average Bonchev–Trinajstić information content (AvgIpc) is 3.19. The van der Waals surface area contributed by atoms with Crippen molar-refractivity contribution in [3.8, 4) is 0 Å². The van der Waals surface area contributed by atoms with Crippen molar-refractivity contribution in [2.45, 2.75) is 32.7 Å². The Morgan fingerprint density at radius 3 is 2.96 bits per heavy atom. The molecule has 3 aromatic rings. The van der Waals surface area contributed by atoms with Gasteiger partial charge in [0.1, 0.15) is 23.0 Å². The molecular formula is C17H19FN6O. The molecule has 0 bridgehead atoms. The summed E-state index contributed by atoms with van der Waals surface area (Å²) in [6.45, 7) is 4.95. The molecule has 8 heteroatoms. The molecule has 1 fully saturated rings. The Labute approximate surface area is 143 Å². The number of hydrogen-bond donors (Lipinski definition) is 1. The zero-order valence-electron chi connectivity index (χ0n) is 14.2. The minimum absolute atomic E-state index is 0.0853. The van der Waals surface area contributed by atoms with Crippen LogP contribution >= 0.6 is 0 Å². The number of aromatic amines is 1. The molecule has 130 valence electrons. The lowest BCUT2D eigenvalue weighted by atomic mass is 10.0. The maximum atomic E-state index is 13.9. The number of benzene rings is 1. The fourth-order valence-corrected chi connectivity index (χ4v) is 3.57. The van der Waals surface area contributed by atoms with Crippen LogP contribution in [-0.2, 0) is 0 Å². The summed E-state index contributed by atoms with van der Waals surface area (Å²) < 4.78 is 15.8. The number of halogens is 1. The lowest BCUT2D eigenvalue weighted by Gasteiger charge is -2.33. The Morgan fingerprint density at radius 2 is 2.20 bits per heavy atom. The van der Waals surface area contributed by atoms with Crippen LogP contribution in [-0.4, -0.2) is 48.6 Å². The molecule has 0 radical (unpaired) electrons. The van der Waals surface area contributed by atoms with E-state index in [-0.39, 0.29) is 11.9 Å². The zero-order chi connectivity index (χ0) is 17.6. The fraction of sp³-hybridized carbons (Fsp3) is 0.412. The number of likely N-dealkylation sites (tertiary alicyclic amines) is 1. The van der Waals surface area contributed by atoms with Crippen molar-refractivity contribution >= 4 is 16.9 Å². The second kappa shape index (κ2) is 5.94. The summed E-state index contributed by atoms with van der Waals surface area (Å²) in [6.07, 6.45) is 3.28. The fourth-order valence-electron chi connectivity index (χ4n) is 3.57. The van der Waals surface area contributed by atoms with Crippen LogP contribution in [0.3, 0.4) is 0 Å². The van der Waals surface area contributed by atoms with Crippen molar-refractivity contribution in [2.24, 2.45) is 0 Å². The molecule has 1 aliphatic rings. The molecule has 3 heterocycles. The van der Waals surface area contributed by atoms with Crippen LogP contribution in [0.2, 0.25) is 0 Å². The number of nitrogens with zero attached hydrogens (tertiary/aromatic N) is 5. The van der Waals surface area contributed by atoms with E-state index in [0.717, 1.165) is 24.5 Å². The van der Waals surface area contributed by atoms with E-state index in [9.17, 15) is 9.18 Å². The van der Waals surface area contributed by atoms with Crippen LogP contribution in [0.15, 0.2) is 18.5 Å². The zero-order valence-corrected chi connectivity index (χ0v) is 14.2. The van der Waals surface area contributed by atoms with Crippen molar-refractivity contribution in [3.63, 3.8) is 0 Å². The third-order valence-corrected chi connectivity index (χ3v) is 4.66. The highest BCUT2D eigenvalue weighted by molar-refractivity contribution is 6.04. The van der Waals surface area contributed by atoms with Crippen LogP contribution in [0.4, 0.5) is 4.39 Å². The third-order valence-electron chi connectivity index (χ3n) is 4.66. The topological polar surface area (TPSA) is 79.7 Å². The van der Waals surface area contributed by atoms with Gasteiger partial charge in [-0.3, -0.25) is 4.79 Å². The third kappa shape index (κ3) is 2.77. The minimum Gasteiger partial charge on any atom is -0.344 e. The van der Waals surface area contributed by atoms with Gasteiger partial charge < -0.3 is 9.88 Å². The van der Waals surface area contributed by atoms with E-state index in [1.807, 2.05) is 18.5 Å². The molecule has 2 aromatic heterocycles. The molecule has 1 aliphatic heterocycles. The maximum Gasteiger partial charge on any atom is 0.256 e. The number of fused-ring (bicyclic) bond motifs is 1. The quantitative estimate of drug-likeness (QED) is 0.775. The lowest BCUT2D eigenvalue weighted by molar-refractivity contribution is 0.0672. The van der Waals surface area contributed by atoms with Crippen molar-refractivity contribution < 1.29 is 9.18 Å². The number of piperidine rings is 1. The van der Waals surface area contributed by atoms with Crippen LogP contribution in [0, 0.1) is 19.7 Å². The Hall–Kier alpha value is -2.77. The second-order valence-corrected chi connectivity index (χ2v) is 6.45. The largest absolute Gasteiger partial charge is 0.344 e. The lowest BCUT2D eigenvalue weighted by Crippen LogP contribution is -2.41. The van der Waals surface area contributed by atoms with E-state index in [2.05, 4.69) is 20.1 Å². The van der Waals surface area contributed by atoms with Gasteiger partial charge in [0.25, 0.3) is 5.91 Å². The molecule has 1 amide bonds. The van der Waals surface area contributed by atoms with E-state index in [1.165, 1.54) is 18.5 Å². The summed E-state index contributed by atoms with van der Waals surface area (Å²) in [5.41, 5.74) is 1.32. The first-order chi connectivity index (χ1) is 12.0. The summed E-state index contributed by atoms with van der Waals surface area (Å²) in [4.78, 5) is 26.1. The Balaban J connectivity index is 1.63. The molecule has 1 N–H and O–H groups in total. The first-order valence-corrected chi connectivity index (χ1v) is 8.34. The molecule has 1 aromatic carbocycles. The van der Waals surface area contributed by atoms with Gasteiger partial charge in [-0.1, -0.05) is 0 Å². The van der Waals surface area contributed by atoms with Crippen LogP contribution < -0.4 is 0 Å². The predicted octanol–water partition coefficient (Wildman–Crippen LogP) is 2.39. The molecule has 4 rings (SSSR count). The molecule has 0 saturated carbocycles. The van der Waals surface area contributed by atoms with E-state index < -0.39 is 5.82 Å². The number of nitrogens with one attached hydrogen (secondary N) is 1. The first-order valence-electron chi connectivity index (χ1n) is 8.34. The molecule has 7 nitrogen and oxygen atoms in total. The van der Waals surface area contributed by atoms with Gasteiger partial charge in [-0.05, 0) is 38.8 Å². The number of amides is 1. The van der Waals surface area contributed by atoms with Gasteiger partial charge in [0.2, 0.25) is 0 Å². The summed E-state index contributed by atoms with van der Waals surface area (Å²) in [7, 11) is 0. The highest BCUT2D eigenvalue weighted by Crippen LogP contribution is 2.25. The monoisotopic (exact) mass is 342 g/mol. The van der Waals surface area contributed by atoms with Crippen LogP contribution in [0.1, 0.15) is 40.9 Å². The van der Waals surface area contributed by atoms with Gasteiger partial charge in [0.05, 0.1) is 23.4 Å². The van der Waals surface area contributed by atoms with Gasteiger partial charge >= 0.3 is 0 Å². The van der Waals surface area contributed by atoms with Crippen molar-refractivity contribution in [1.29, 1.82) is 0 Å². The molecule has 1 unspecified atom stereocenters. The molecule has 1 atom stereocenters. The number of aryl methyl sites for hydroxylation is 2. The van der Waals surface area contributed by atoms with Crippen molar-refractivity contribution in [1.82, 2.24) is 29.6 Å². The number of carbonyl (C=O) groups is 1. The van der Waals surface area contributed by atoms with Gasteiger partial charge in [-0.15, -0.1) is 0 Å². The van der Waals surface area contributed by atoms with Crippen molar-refractivity contribution in [3.05, 3.63) is 41.5 Å². The molecule has 1 saturated heterocycles. The Bertz CT molecular complexity index is 946. The number of carbonyl (C=O) groups excluding carboxylic acids is 1. The Morgan fingerprint density at radius 1 is 1.36 bits per heavy atom. The Kier molecular flexibility index (Phi) is 3.74. The molecule has 25 heavy (non-hydrogen) atoms. The maximum absolute atomic E-state index is 13.9. The van der Waals surface area contributed by atoms with Gasteiger partial charge in [0, 0.05) is 13.1 Å². The number of aromatic nitrogens is 5. The predicted molar refractivity (Wildman–Crippen MR) is 89.7 cm³/mol. The summed E-state index contributed by atoms with van der Waals surface area (Å²) in [5.74, 6) is 0.925. The van der Waals surface area contributed by atoms with E-state index in [1.54, 1.807) is 4.90 Å². The highest BCUT2D eigenvalue weighted by atomic mass is 19.1. The number of rotatable bonds is 2. The second-order valence-electron chi connectivity index (χ2n) is 6.45. The number of hydrogen-bond acceptors (Lipinski definition) is 4.